The number of hydrogen-bond donors (Lipinski definition) is 2. The van der Waals surface area contributed by atoms with Crippen molar-refractivity contribution in [3.8, 4) is 5.75 Å². The molecule has 7 heteroatoms. The number of aromatic hydroxyl groups is 1. The van der Waals surface area contributed by atoms with Crippen LogP contribution in [0.25, 0.3) is 0 Å². The maximum Gasteiger partial charge on any atom is 0.234 e. The van der Waals surface area contributed by atoms with Gasteiger partial charge in [0.2, 0.25) is 5.91 Å². The van der Waals surface area contributed by atoms with E-state index in [9.17, 15) is 14.3 Å². The molecule has 1 amide bonds. The van der Waals surface area contributed by atoms with Gasteiger partial charge in [-0.25, -0.2) is 9.38 Å². The smallest absolute Gasteiger partial charge is 0.234 e. The number of thioether (sulfide) groups is 1. The van der Waals surface area contributed by atoms with Crippen LogP contribution in [0, 0.1) is 12.7 Å². The minimum Gasteiger partial charge on any atom is -0.505 e. The number of nitrogens with zero attached hydrogens (tertiary/aromatic N) is 2. The number of carbonyl (C=O) groups excluding carboxylic acids is 1. The predicted molar refractivity (Wildman–Crippen MR) is 88.9 cm³/mol. The summed E-state index contributed by atoms with van der Waals surface area (Å²) >= 11 is 1.35. The Balaban J connectivity index is 1.55. The van der Waals surface area contributed by atoms with Crippen LogP contribution in [0.3, 0.4) is 0 Å². The lowest BCUT2D eigenvalue weighted by molar-refractivity contribution is -0.113. The van der Waals surface area contributed by atoms with Gasteiger partial charge in [0.15, 0.2) is 11.6 Å². The number of carbonyl (C=O) groups is 1. The lowest BCUT2D eigenvalue weighted by Crippen LogP contribution is -2.15. The molecule has 5 nitrogen and oxygen atoms in total. The molecule has 3 rings (SSSR count). The molecule has 0 saturated carbocycles. The fourth-order valence-electron chi connectivity index (χ4n) is 2.21. The number of aliphatic imine (C=N–C) groups is 1. The summed E-state index contributed by atoms with van der Waals surface area (Å²) in [7, 11) is 0. The van der Waals surface area contributed by atoms with Crippen molar-refractivity contribution in [2.45, 2.75) is 13.3 Å². The van der Waals surface area contributed by atoms with E-state index in [2.05, 4.69) is 15.3 Å². The van der Waals surface area contributed by atoms with Crippen molar-refractivity contribution in [1.29, 1.82) is 0 Å². The predicted octanol–water partition coefficient (Wildman–Crippen LogP) is 3.19. The highest BCUT2D eigenvalue weighted by atomic mass is 32.2. The highest BCUT2D eigenvalue weighted by molar-refractivity contribution is 8.14. The van der Waals surface area contributed by atoms with Crippen LogP contribution >= 0.6 is 11.8 Å². The molecular weight excluding hydrogens is 317 g/mol. The molecule has 0 fully saturated rings. The van der Waals surface area contributed by atoms with Crippen molar-refractivity contribution in [3.63, 3.8) is 0 Å². The fourth-order valence-corrected chi connectivity index (χ4v) is 3.00. The minimum absolute atomic E-state index is 0.192. The number of aryl methyl sites for hydroxylation is 1. The molecule has 2 aromatic rings. The second kappa shape index (κ2) is 6.37. The van der Waals surface area contributed by atoms with E-state index in [0.717, 1.165) is 28.1 Å². The van der Waals surface area contributed by atoms with Gasteiger partial charge in [-0.2, -0.15) is 0 Å². The minimum atomic E-state index is -0.723. The number of halogens is 1. The van der Waals surface area contributed by atoms with E-state index in [0.29, 0.717) is 12.1 Å². The quantitative estimate of drug-likeness (QED) is 0.906. The summed E-state index contributed by atoms with van der Waals surface area (Å²) in [4.78, 5) is 20.6. The molecule has 0 unspecified atom stereocenters. The van der Waals surface area contributed by atoms with Crippen LogP contribution in [0.4, 0.5) is 15.8 Å². The zero-order chi connectivity index (χ0) is 16.4. The summed E-state index contributed by atoms with van der Waals surface area (Å²) in [5, 5.41) is 12.8. The molecule has 0 spiro atoms. The Morgan fingerprint density at radius 1 is 1.43 bits per heavy atom. The maximum absolute atomic E-state index is 13.0. The van der Waals surface area contributed by atoms with Gasteiger partial charge >= 0.3 is 0 Å². The van der Waals surface area contributed by atoms with Crippen molar-refractivity contribution < 1.29 is 14.3 Å². The fraction of sp³-hybridized carbons (Fsp3) is 0.188. The normalized spacial score (nSPS) is 12.7. The van der Waals surface area contributed by atoms with Crippen LogP contribution in [0.1, 0.15) is 11.3 Å². The van der Waals surface area contributed by atoms with Gasteiger partial charge in [-0.05, 0) is 30.7 Å². The molecule has 1 aromatic carbocycles. The summed E-state index contributed by atoms with van der Waals surface area (Å²) in [6.07, 6.45) is 2.44. The number of benzene rings is 1. The van der Waals surface area contributed by atoms with Crippen LogP contribution in [0.2, 0.25) is 0 Å². The number of pyridine rings is 1. The average molecular weight is 331 g/mol. The first-order valence-corrected chi connectivity index (χ1v) is 7.94. The largest absolute Gasteiger partial charge is 0.505 e. The van der Waals surface area contributed by atoms with Crippen LogP contribution in [-0.2, 0) is 11.2 Å². The second-order valence-electron chi connectivity index (χ2n) is 5.14. The van der Waals surface area contributed by atoms with Gasteiger partial charge in [-0.1, -0.05) is 0 Å². The van der Waals surface area contributed by atoms with Crippen molar-refractivity contribution in [2.75, 3.05) is 11.1 Å². The molecule has 0 bridgehead atoms. The second-order valence-corrected chi connectivity index (χ2v) is 6.19. The first-order chi connectivity index (χ1) is 11.0. The first kappa shape index (κ1) is 15.5. The molecule has 118 valence electrons. The Bertz CT molecular complexity index is 808. The van der Waals surface area contributed by atoms with Crippen molar-refractivity contribution in [3.05, 3.63) is 47.5 Å². The molecule has 0 atom stereocenters. The Hall–Kier alpha value is -2.41. The highest BCUT2D eigenvalue weighted by Gasteiger charge is 2.16. The van der Waals surface area contributed by atoms with Crippen LogP contribution in [-0.4, -0.2) is 26.8 Å². The molecule has 0 aliphatic carbocycles. The number of anilines is 1. The Labute approximate surface area is 136 Å². The number of phenolic OH excluding ortho intramolecular Hbond substituents is 1. The van der Waals surface area contributed by atoms with Gasteiger partial charge in [0.1, 0.15) is 0 Å². The van der Waals surface area contributed by atoms with E-state index in [1.807, 2.05) is 13.0 Å². The standard InChI is InChI=1S/C16H14FN3O2S/c1-9-4-10-5-16(20-13(10)7-18-9)23-8-15(22)19-11-2-3-12(17)14(21)6-11/h2-4,6-7,21H,5,8H2,1H3,(H,19,22). The van der Waals surface area contributed by atoms with Gasteiger partial charge in [-0.15, -0.1) is 11.8 Å². The van der Waals surface area contributed by atoms with E-state index in [4.69, 9.17) is 0 Å². The van der Waals surface area contributed by atoms with E-state index >= 15 is 0 Å². The summed E-state index contributed by atoms with van der Waals surface area (Å²) in [6, 6.07) is 5.67. The number of aromatic nitrogens is 1. The van der Waals surface area contributed by atoms with Crippen LogP contribution in [0.5, 0.6) is 5.75 Å². The van der Waals surface area contributed by atoms with E-state index in [-0.39, 0.29) is 11.7 Å². The number of phenols is 1. The van der Waals surface area contributed by atoms with E-state index in [1.165, 1.54) is 23.9 Å². The summed E-state index contributed by atoms with van der Waals surface area (Å²) in [6.45, 7) is 1.93. The summed E-state index contributed by atoms with van der Waals surface area (Å²) < 4.78 is 13.0. The SMILES string of the molecule is Cc1cc2c(cn1)N=C(SCC(=O)Nc1ccc(F)c(O)c1)C2. The Kier molecular flexibility index (Phi) is 4.29. The monoisotopic (exact) mass is 331 g/mol. The molecule has 1 aliphatic heterocycles. The Morgan fingerprint density at radius 3 is 3.04 bits per heavy atom. The van der Waals surface area contributed by atoms with Crippen molar-refractivity contribution in [1.82, 2.24) is 4.98 Å². The first-order valence-electron chi connectivity index (χ1n) is 6.95. The molecule has 23 heavy (non-hydrogen) atoms. The van der Waals surface area contributed by atoms with Gasteiger partial charge in [0.25, 0.3) is 0 Å². The average Bonchev–Trinajstić information content (AvgIpc) is 2.91. The lowest BCUT2D eigenvalue weighted by atomic mass is 10.2. The third kappa shape index (κ3) is 3.68. The number of hydrogen-bond acceptors (Lipinski definition) is 5. The van der Waals surface area contributed by atoms with Gasteiger partial charge in [-0.3, -0.25) is 9.78 Å². The van der Waals surface area contributed by atoms with Crippen LogP contribution < -0.4 is 5.32 Å². The number of fused-ring (bicyclic) bond motifs is 1. The molecule has 1 aliphatic rings. The number of rotatable bonds is 3. The van der Waals surface area contributed by atoms with Gasteiger partial charge < -0.3 is 10.4 Å². The molecule has 2 N–H and O–H groups in total. The summed E-state index contributed by atoms with van der Waals surface area (Å²) in [5.74, 6) is -1.26. The third-order valence-electron chi connectivity index (χ3n) is 3.29. The zero-order valence-corrected chi connectivity index (χ0v) is 13.2. The highest BCUT2D eigenvalue weighted by Crippen LogP contribution is 2.30. The molecule has 0 saturated heterocycles. The van der Waals surface area contributed by atoms with Gasteiger partial charge in [0.05, 0.1) is 22.7 Å². The molecule has 1 aromatic heterocycles. The Morgan fingerprint density at radius 2 is 2.26 bits per heavy atom. The zero-order valence-electron chi connectivity index (χ0n) is 12.3. The van der Waals surface area contributed by atoms with Gasteiger partial charge in [0, 0.05) is 23.9 Å². The summed E-state index contributed by atoms with van der Waals surface area (Å²) in [5.41, 5.74) is 3.26. The van der Waals surface area contributed by atoms with Crippen molar-refractivity contribution in [2.24, 2.45) is 4.99 Å². The maximum atomic E-state index is 13.0. The van der Waals surface area contributed by atoms with Crippen molar-refractivity contribution >= 4 is 34.1 Å². The van der Waals surface area contributed by atoms with E-state index in [1.54, 1.807) is 6.20 Å². The molecular formula is C16H14FN3O2S. The van der Waals surface area contributed by atoms with E-state index < -0.39 is 11.6 Å². The molecule has 0 radical (unpaired) electrons. The topological polar surface area (TPSA) is 74.6 Å². The lowest BCUT2D eigenvalue weighted by Gasteiger charge is -2.06. The molecule has 2 heterocycles. The van der Waals surface area contributed by atoms with Crippen LogP contribution in [0.15, 0.2) is 35.5 Å². The third-order valence-corrected chi connectivity index (χ3v) is 4.26. The number of nitrogens with one attached hydrogen (secondary N) is 1. The number of amides is 1.